The Hall–Kier alpha value is -1.54. The first-order valence-corrected chi connectivity index (χ1v) is 8.30. The minimum atomic E-state index is -5.15. The van der Waals surface area contributed by atoms with Crippen LogP contribution in [-0.2, 0) is 9.59 Å². The fourth-order valence-electron chi connectivity index (χ4n) is 2.96. The van der Waals surface area contributed by atoms with Gasteiger partial charge in [0.2, 0.25) is 0 Å². The van der Waals surface area contributed by atoms with Crippen LogP contribution in [0.1, 0.15) is 27.7 Å². The molecule has 1 fully saturated rings. The van der Waals surface area contributed by atoms with Crippen molar-refractivity contribution in [3.8, 4) is 0 Å². The second-order valence-electron chi connectivity index (χ2n) is 7.06. The molecule has 0 N–H and O–H groups in total. The third-order valence-corrected chi connectivity index (χ3v) is 4.57. The molecule has 10 heteroatoms. The molecule has 0 radical (unpaired) electrons. The first-order valence-electron chi connectivity index (χ1n) is 7.55. The molecule has 0 saturated carbocycles. The monoisotopic (exact) mass is 414 g/mol. The Morgan fingerprint density at radius 3 is 1.96 bits per heavy atom. The van der Waals surface area contributed by atoms with Gasteiger partial charge in [0.1, 0.15) is 12.2 Å². The SMILES string of the molecule is C[C@@H]1C(=O)N(c2cc(Cl)c(F)c(Cl)c2)[C@@H](C(C)(C)C)N1C(=O)C(F)(F)F. The lowest BCUT2D eigenvalue weighted by Crippen LogP contribution is -2.55. The maximum Gasteiger partial charge on any atom is 0.471 e. The summed E-state index contributed by atoms with van der Waals surface area (Å²) in [6.45, 7) is 5.95. The van der Waals surface area contributed by atoms with E-state index >= 15 is 0 Å². The Morgan fingerprint density at radius 1 is 1.12 bits per heavy atom. The summed E-state index contributed by atoms with van der Waals surface area (Å²) in [7, 11) is 0. The fraction of sp³-hybridized carbons (Fsp3) is 0.500. The molecule has 1 aromatic carbocycles. The fourth-order valence-corrected chi connectivity index (χ4v) is 3.44. The van der Waals surface area contributed by atoms with Gasteiger partial charge in [-0.05, 0) is 19.1 Å². The second kappa shape index (κ2) is 6.56. The Balaban J connectivity index is 2.65. The summed E-state index contributed by atoms with van der Waals surface area (Å²) in [6.07, 6.45) is -6.41. The molecule has 0 aliphatic carbocycles. The minimum Gasteiger partial charge on any atom is -0.302 e. The molecular weight excluding hydrogens is 399 g/mol. The molecule has 1 aliphatic heterocycles. The number of carbonyl (C=O) groups excluding carboxylic acids is 2. The average molecular weight is 415 g/mol. The van der Waals surface area contributed by atoms with Crippen molar-refractivity contribution < 1.29 is 27.2 Å². The first-order chi connectivity index (χ1) is 11.7. The zero-order chi connectivity index (χ0) is 20.2. The number of hydrogen-bond acceptors (Lipinski definition) is 2. The molecule has 1 saturated heterocycles. The third-order valence-electron chi connectivity index (χ3n) is 4.02. The van der Waals surface area contributed by atoms with Crippen LogP contribution in [0.3, 0.4) is 0 Å². The van der Waals surface area contributed by atoms with Crippen LogP contribution in [0.2, 0.25) is 10.0 Å². The van der Waals surface area contributed by atoms with Crippen molar-refractivity contribution in [1.29, 1.82) is 0 Å². The molecular formula is C16H16Cl2F4N2O2. The van der Waals surface area contributed by atoms with Crippen molar-refractivity contribution in [3.63, 3.8) is 0 Å². The summed E-state index contributed by atoms with van der Waals surface area (Å²) in [5.41, 5.74) is -0.940. The van der Waals surface area contributed by atoms with E-state index in [2.05, 4.69) is 0 Å². The highest BCUT2D eigenvalue weighted by Crippen LogP contribution is 2.41. The standard InChI is InChI=1S/C16H16Cl2F4N2O2/c1-7-12(25)24(8-5-9(17)11(19)10(18)6-8)13(15(2,3)4)23(7)14(26)16(20,21)22/h5-7,13H,1-4H3/t7-,13+/m1/s1. The molecule has 1 heterocycles. The summed E-state index contributed by atoms with van der Waals surface area (Å²) in [4.78, 5) is 26.2. The average Bonchev–Trinajstić information content (AvgIpc) is 2.75. The van der Waals surface area contributed by atoms with Gasteiger partial charge in [0.15, 0.2) is 5.82 Å². The molecule has 2 atom stereocenters. The molecule has 0 spiro atoms. The molecule has 26 heavy (non-hydrogen) atoms. The summed E-state index contributed by atoms with van der Waals surface area (Å²) in [5.74, 6) is -3.78. The van der Waals surface area contributed by atoms with Crippen molar-refractivity contribution >= 4 is 40.7 Å². The highest BCUT2D eigenvalue weighted by molar-refractivity contribution is 6.35. The van der Waals surface area contributed by atoms with Gasteiger partial charge in [-0.25, -0.2) is 4.39 Å². The minimum absolute atomic E-state index is 0.00986. The highest BCUT2D eigenvalue weighted by Gasteiger charge is 2.57. The number of amides is 2. The van der Waals surface area contributed by atoms with E-state index in [-0.39, 0.29) is 15.7 Å². The summed E-state index contributed by atoms with van der Waals surface area (Å²) < 4.78 is 52.9. The lowest BCUT2D eigenvalue weighted by atomic mass is 9.90. The van der Waals surface area contributed by atoms with E-state index in [1.807, 2.05) is 0 Å². The normalized spacial score (nSPS) is 21.5. The first kappa shape index (κ1) is 20.8. The number of anilines is 1. The Morgan fingerprint density at radius 2 is 1.58 bits per heavy atom. The number of alkyl halides is 3. The molecule has 1 aromatic rings. The molecule has 0 unspecified atom stereocenters. The van der Waals surface area contributed by atoms with Crippen molar-refractivity contribution in [2.24, 2.45) is 5.41 Å². The van der Waals surface area contributed by atoms with Crippen molar-refractivity contribution in [3.05, 3.63) is 28.0 Å². The van der Waals surface area contributed by atoms with Crippen LogP contribution in [0.4, 0.5) is 23.2 Å². The van der Waals surface area contributed by atoms with Gasteiger partial charge in [-0.15, -0.1) is 0 Å². The van der Waals surface area contributed by atoms with Gasteiger partial charge in [0, 0.05) is 11.1 Å². The maximum absolute atomic E-state index is 13.7. The highest BCUT2D eigenvalue weighted by atomic mass is 35.5. The summed E-state index contributed by atoms with van der Waals surface area (Å²) in [5, 5.41) is -0.776. The van der Waals surface area contributed by atoms with E-state index in [1.165, 1.54) is 6.92 Å². The predicted molar refractivity (Wildman–Crippen MR) is 89.5 cm³/mol. The van der Waals surface area contributed by atoms with Crippen molar-refractivity contribution in [2.45, 2.75) is 46.1 Å². The van der Waals surface area contributed by atoms with Gasteiger partial charge >= 0.3 is 12.1 Å². The van der Waals surface area contributed by atoms with Gasteiger partial charge in [-0.1, -0.05) is 44.0 Å². The lowest BCUT2D eigenvalue weighted by molar-refractivity contribution is -0.190. The third kappa shape index (κ3) is 3.49. The zero-order valence-electron chi connectivity index (χ0n) is 14.3. The quantitative estimate of drug-likeness (QED) is 0.496. The van der Waals surface area contributed by atoms with Gasteiger partial charge < -0.3 is 4.90 Å². The molecule has 144 valence electrons. The van der Waals surface area contributed by atoms with Crippen LogP contribution in [0.15, 0.2) is 12.1 Å². The zero-order valence-corrected chi connectivity index (χ0v) is 15.8. The lowest BCUT2D eigenvalue weighted by Gasteiger charge is -2.40. The van der Waals surface area contributed by atoms with E-state index in [1.54, 1.807) is 20.8 Å². The van der Waals surface area contributed by atoms with E-state index in [0.29, 0.717) is 4.90 Å². The number of carbonyl (C=O) groups is 2. The molecule has 1 aliphatic rings. The number of rotatable bonds is 1. The Bertz CT molecular complexity index is 739. The maximum atomic E-state index is 13.7. The van der Waals surface area contributed by atoms with E-state index in [9.17, 15) is 27.2 Å². The van der Waals surface area contributed by atoms with Gasteiger partial charge in [-0.2, -0.15) is 13.2 Å². The number of hydrogen-bond donors (Lipinski definition) is 0. The topological polar surface area (TPSA) is 40.6 Å². The van der Waals surface area contributed by atoms with Gasteiger partial charge in [0.25, 0.3) is 5.91 Å². The van der Waals surface area contributed by atoms with Crippen LogP contribution >= 0.6 is 23.2 Å². The van der Waals surface area contributed by atoms with Crippen LogP contribution in [-0.4, -0.2) is 35.1 Å². The van der Waals surface area contributed by atoms with E-state index in [4.69, 9.17) is 23.2 Å². The molecule has 0 aromatic heterocycles. The molecule has 2 amide bonds. The van der Waals surface area contributed by atoms with Crippen molar-refractivity contribution in [1.82, 2.24) is 4.90 Å². The number of halogens is 6. The second-order valence-corrected chi connectivity index (χ2v) is 7.87. The molecule has 0 bridgehead atoms. The van der Waals surface area contributed by atoms with E-state index in [0.717, 1.165) is 17.0 Å². The Kier molecular flexibility index (Phi) is 5.24. The number of nitrogens with zero attached hydrogens (tertiary/aromatic N) is 2. The summed E-state index contributed by atoms with van der Waals surface area (Å²) in [6, 6.07) is 0.817. The molecule has 4 nitrogen and oxygen atoms in total. The van der Waals surface area contributed by atoms with Gasteiger partial charge in [-0.3, -0.25) is 14.5 Å². The van der Waals surface area contributed by atoms with Crippen LogP contribution in [0.25, 0.3) is 0 Å². The predicted octanol–water partition coefficient (Wildman–Crippen LogP) is 4.63. The largest absolute Gasteiger partial charge is 0.471 e. The van der Waals surface area contributed by atoms with Gasteiger partial charge in [0.05, 0.1) is 10.0 Å². The Labute approximate surface area is 157 Å². The smallest absolute Gasteiger partial charge is 0.302 e. The van der Waals surface area contributed by atoms with Crippen LogP contribution in [0, 0.1) is 11.2 Å². The number of benzene rings is 1. The summed E-state index contributed by atoms with van der Waals surface area (Å²) >= 11 is 11.5. The van der Waals surface area contributed by atoms with Crippen LogP contribution < -0.4 is 4.90 Å². The molecule has 2 rings (SSSR count). The van der Waals surface area contributed by atoms with Crippen LogP contribution in [0.5, 0.6) is 0 Å². The van der Waals surface area contributed by atoms with Crippen molar-refractivity contribution in [2.75, 3.05) is 4.90 Å². The van der Waals surface area contributed by atoms with E-state index < -0.39 is 41.4 Å².